The standard InChI is InChI=1S/C42H25NO2/c1-2-10-28(11-3-1)43-37-22-20-26(29-14-8-16-33-31-12-4-6-18-39(31)44-41(29)33)24-35(37)36-25-27(21-23-38(36)43)30-15-9-17-34-32-13-5-7-19-40(32)45-42(30)34/h1-25H. The molecule has 0 aliphatic rings. The maximum atomic E-state index is 6.44. The highest BCUT2D eigenvalue weighted by Crippen LogP contribution is 2.42. The Kier molecular flexibility index (Phi) is 5.00. The molecule has 3 heteroatoms. The van der Waals surface area contributed by atoms with Crippen molar-refractivity contribution in [2.24, 2.45) is 0 Å². The summed E-state index contributed by atoms with van der Waals surface area (Å²) in [5.74, 6) is 0. The molecule has 210 valence electrons. The van der Waals surface area contributed by atoms with Crippen molar-refractivity contribution < 1.29 is 8.83 Å². The van der Waals surface area contributed by atoms with Crippen LogP contribution in [0.25, 0.3) is 93.6 Å². The predicted molar refractivity (Wildman–Crippen MR) is 186 cm³/mol. The molecule has 3 nitrogen and oxygen atoms in total. The Morgan fingerprint density at radius 1 is 0.356 bits per heavy atom. The van der Waals surface area contributed by atoms with Crippen molar-refractivity contribution in [2.75, 3.05) is 0 Å². The van der Waals surface area contributed by atoms with Gasteiger partial charge in [-0.25, -0.2) is 0 Å². The molecule has 10 aromatic rings. The van der Waals surface area contributed by atoms with E-state index in [-0.39, 0.29) is 0 Å². The summed E-state index contributed by atoms with van der Waals surface area (Å²) in [4.78, 5) is 0. The number of hydrogen-bond acceptors (Lipinski definition) is 2. The lowest BCUT2D eigenvalue weighted by Crippen LogP contribution is -1.93. The van der Waals surface area contributed by atoms with Crippen molar-refractivity contribution in [3.63, 3.8) is 0 Å². The third-order valence-corrected chi connectivity index (χ3v) is 9.21. The predicted octanol–water partition coefficient (Wildman–Crippen LogP) is 11.9. The highest BCUT2D eigenvalue weighted by atomic mass is 16.3. The molecule has 45 heavy (non-hydrogen) atoms. The van der Waals surface area contributed by atoms with Gasteiger partial charge in [-0.1, -0.05) is 103 Å². The molecular weight excluding hydrogens is 550 g/mol. The van der Waals surface area contributed by atoms with Crippen LogP contribution < -0.4 is 0 Å². The maximum absolute atomic E-state index is 6.44. The van der Waals surface area contributed by atoms with Crippen LogP contribution in [0.4, 0.5) is 0 Å². The Morgan fingerprint density at radius 3 is 1.36 bits per heavy atom. The SMILES string of the molecule is c1ccc(-n2c3ccc(-c4cccc5c4oc4ccccc45)cc3c3cc(-c4cccc5c4oc4ccccc45)ccc32)cc1. The van der Waals surface area contributed by atoms with E-state index in [1.54, 1.807) is 0 Å². The van der Waals surface area contributed by atoms with Crippen molar-refractivity contribution in [3.05, 3.63) is 152 Å². The minimum absolute atomic E-state index is 0.908. The molecule has 0 atom stereocenters. The van der Waals surface area contributed by atoms with Crippen molar-refractivity contribution in [2.45, 2.75) is 0 Å². The molecule has 0 aliphatic carbocycles. The van der Waals surface area contributed by atoms with Crippen LogP contribution >= 0.6 is 0 Å². The third-order valence-electron chi connectivity index (χ3n) is 9.21. The molecule has 0 unspecified atom stereocenters. The van der Waals surface area contributed by atoms with E-state index in [0.717, 1.165) is 82.9 Å². The van der Waals surface area contributed by atoms with Gasteiger partial charge in [0.05, 0.1) is 11.0 Å². The van der Waals surface area contributed by atoms with Gasteiger partial charge in [0.2, 0.25) is 0 Å². The molecule has 10 rings (SSSR count). The molecule has 3 heterocycles. The second-order valence-electron chi connectivity index (χ2n) is 11.7. The van der Waals surface area contributed by atoms with Gasteiger partial charge in [0.1, 0.15) is 22.3 Å². The fraction of sp³-hybridized carbons (Fsp3) is 0. The van der Waals surface area contributed by atoms with E-state index < -0.39 is 0 Å². The first-order valence-electron chi connectivity index (χ1n) is 15.3. The molecule has 0 N–H and O–H groups in total. The summed E-state index contributed by atoms with van der Waals surface area (Å²) in [7, 11) is 0. The summed E-state index contributed by atoms with van der Waals surface area (Å²) in [5.41, 5.74) is 11.6. The zero-order chi connectivity index (χ0) is 29.5. The average molecular weight is 576 g/mol. The summed E-state index contributed by atoms with van der Waals surface area (Å²) in [6.07, 6.45) is 0. The first kappa shape index (κ1) is 24.4. The van der Waals surface area contributed by atoms with E-state index in [2.05, 4.69) is 132 Å². The van der Waals surface area contributed by atoms with Crippen LogP contribution in [0.5, 0.6) is 0 Å². The summed E-state index contributed by atoms with van der Waals surface area (Å²) in [5, 5.41) is 6.93. The lowest BCUT2D eigenvalue weighted by atomic mass is 9.98. The molecule has 7 aromatic carbocycles. The van der Waals surface area contributed by atoms with Crippen molar-refractivity contribution in [1.29, 1.82) is 0 Å². The fourth-order valence-electron chi connectivity index (χ4n) is 7.16. The molecule has 0 amide bonds. The second-order valence-corrected chi connectivity index (χ2v) is 11.7. The number of furan rings is 2. The Hall–Kier alpha value is -6.06. The van der Waals surface area contributed by atoms with Gasteiger partial charge < -0.3 is 13.4 Å². The molecule has 0 bridgehead atoms. The van der Waals surface area contributed by atoms with Gasteiger partial charge in [0, 0.05) is 49.1 Å². The molecule has 0 spiro atoms. The number of nitrogens with zero attached hydrogens (tertiary/aromatic N) is 1. The zero-order valence-electron chi connectivity index (χ0n) is 24.2. The normalized spacial score (nSPS) is 12.0. The average Bonchev–Trinajstić information content (AvgIpc) is 3.77. The number of fused-ring (bicyclic) bond motifs is 9. The van der Waals surface area contributed by atoms with Gasteiger partial charge in [-0.3, -0.25) is 0 Å². The van der Waals surface area contributed by atoms with Crippen LogP contribution in [-0.4, -0.2) is 4.57 Å². The van der Waals surface area contributed by atoms with Gasteiger partial charge in [0.25, 0.3) is 0 Å². The largest absolute Gasteiger partial charge is 0.455 e. The Morgan fingerprint density at radius 2 is 0.822 bits per heavy atom. The van der Waals surface area contributed by atoms with E-state index >= 15 is 0 Å². The number of benzene rings is 7. The maximum Gasteiger partial charge on any atom is 0.143 e. The minimum atomic E-state index is 0.908. The number of aromatic nitrogens is 1. The van der Waals surface area contributed by atoms with Gasteiger partial charge in [0.15, 0.2) is 0 Å². The van der Waals surface area contributed by atoms with Crippen molar-refractivity contribution in [3.8, 4) is 27.9 Å². The van der Waals surface area contributed by atoms with Crippen LogP contribution in [0.2, 0.25) is 0 Å². The molecule has 0 saturated carbocycles. The smallest absolute Gasteiger partial charge is 0.143 e. The lowest BCUT2D eigenvalue weighted by molar-refractivity contribution is 0.669. The molecule has 0 fully saturated rings. The monoisotopic (exact) mass is 575 g/mol. The molecule has 3 aromatic heterocycles. The van der Waals surface area contributed by atoms with Crippen molar-refractivity contribution in [1.82, 2.24) is 4.57 Å². The van der Waals surface area contributed by atoms with Crippen LogP contribution in [-0.2, 0) is 0 Å². The van der Waals surface area contributed by atoms with Crippen LogP contribution in [0.3, 0.4) is 0 Å². The summed E-state index contributed by atoms with van der Waals surface area (Å²) in [6, 6.07) is 53.6. The van der Waals surface area contributed by atoms with Crippen LogP contribution in [0, 0.1) is 0 Å². The van der Waals surface area contributed by atoms with Gasteiger partial charge in [-0.05, 0) is 59.7 Å². The number of hydrogen-bond donors (Lipinski definition) is 0. The van der Waals surface area contributed by atoms with E-state index in [0.29, 0.717) is 0 Å². The molecule has 0 aliphatic heterocycles. The third kappa shape index (κ3) is 3.52. The minimum Gasteiger partial charge on any atom is -0.455 e. The van der Waals surface area contributed by atoms with E-state index in [1.807, 2.05) is 24.3 Å². The van der Waals surface area contributed by atoms with E-state index in [1.165, 1.54) is 10.8 Å². The van der Waals surface area contributed by atoms with Gasteiger partial charge >= 0.3 is 0 Å². The van der Waals surface area contributed by atoms with E-state index in [4.69, 9.17) is 8.83 Å². The molecule has 0 radical (unpaired) electrons. The summed E-state index contributed by atoms with van der Waals surface area (Å²) < 4.78 is 15.2. The topological polar surface area (TPSA) is 31.2 Å². The lowest BCUT2D eigenvalue weighted by Gasteiger charge is -2.09. The second kappa shape index (κ2) is 9.22. The van der Waals surface area contributed by atoms with Crippen LogP contribution in [0.15, 0.2) is 160 Å². The molecular formula is C42H25NO2. The highest BCUT2D eigenvalue weighted by Gasteiger charge is 2.18. The Balaban J connectivity index is 1.25. The van der Waals surface area contributed by atoms with Gasteiger partial charge in [-0.15, -0.1) is 0 Å². The van der Waals surface area contributed by atoms with E-state index in [9.17, 15) is 0 Å². The van der Waals surface area contributed by atoms with Crippen molar-refractivity contribution >= 4 is 65.7 Å². The zero-order valence-corrected chi connectivity index (χ0v) is 24.2. The van der Waals surface area contributed by atoms with Gasteiger partial charge in [-0.2, -0.15) is 0 Å². The first-order chi connectivity index (χ1) is 22.3. The number of para-hydroxylation sites is 5. The quantitative estimate of drug-likeness (QED) is 0.210. The summed E-state index contributed by atoms with van der Waals surface area (Å²) in [6.45, 7) is 0. The Labute approximate surface area is 258 Å². The fourth-order valence-corrected chi connectivity index (χ4v) is 7.16. The summed E-state index contributed by atoms with van der Waals surface area (Å²) >= 11 is 0. The highest BCUT2D eigenvalue weighted by molar-refractivity contribution is 6.15. The Bertz CT molecular complexity index is 2590. The first-order valence-corrected chi connectivity index (χ1v) is 15.3. The van der Waals surface area contributed by atoms with Crippen LogP contribution in [0.1, 0.15) is 0 Å². The number of rotatable bonds is 3. The molecule has 0 saturated heterocycles.